The van der Waals surface area contributed by atoms with Crippen LogP contribution in [0.3, 0.4) is 0 Å². The SMILES string of the molecule is C=C(O)c1[nH]c(N2CC(N(C)C)C2)nc1/N=C\C. The van der Waals surface area contributed by atoms with E-state index in [0.29, 0.717) is 17.6 Å². The van der Waals surface area contributed by atoms with Gasteiger partial charge in [0.2, 0.25) is 5.95 Å². The van der Waals surface area contributed by atoms with E-state index in [1.807, 2.05) is 6.92 Å². The highest BCUT2D eigenvalue weighted by molar-refractivity contribution is 5.70. The van der Waals surface area contributed by atoms with Crippen LogP contribution < -0.4 is 4.90 Å². The van der Waals surface area contributed by atoms with Gasteiger partial charge in [-0.3, -0.25) is 0 Å². The van der Waals surface area contributed by atoms with E-state index < -0.39 is 0 Å². The number of H-pyrrole nitrogens is 1. The molecule has 6 heteroatoms. The average molecular weight is 249 g/mol. The molecule has 0 saturated carbocycles. The highest BCUT2D eigenvalue weighted by Gasteiger charge is 2.31. The molecule has 0 bridgehead atoms. The fraction of sp³-hybridized carbons (Fsp3) is 0.500. The topological polar surface area (TPSA) is 67.8 Å². The van der Waals surface area contributed by atoms with E-state index >= 15 is 0 Å². The summed E-state index contributed by atoms with van der Waals surface area (Å²) in [6.07, 6.45) is 1.64. The van der Waals surface area contributed by atoms with Crippen molar-refractivity contribution in [3.63, 3.8) is 0 Å². The molecule has 1 saturated heterocycles. The normalized spacial score (nSPS) is 16.6. The summed E-state index contributed by atoms with van der Waals surface area (Å²) < 4.78 is 0. The van der Waals surface area contributed by atoms with Crippen molar-refractivity contribution in [1.29, 1.82) is 0 Å². The minimum Gasteiger partial charge on any atom is -0.506 e. The lowest BCUT2D eigenvalue weighted by molar-refractivity contribution is 0.245. The van der Waals surface area contributed by atoms with Crippen molar-refractivity contribution < 1.29 is 5.11 Å². The number of aliphatic imine (C=N–C) groups is 1. The van der Waals surface area contributed by atoms with Crippen molar-refractivity contribution >= 4 is 23.7 Å². The molecule has 1 aromatic rings. The number of rotatable bonds is 4. The summed E-state index contributed by atoms with van der Waals surface area (Å²) in [5, 5.41) is 9.49. The Morgan fingerprint density at radius 1 is 1.61 bits per heavy atom. The van der Waals surface area contributed by atoms with Gasteiger partial charge in [-0.2, -0.15) is 4.98 Å². The quantitative estimate of drug-likeness (QED) is 0.625. The Labute approximate surface area is 107 Å². The molecular formula is C12H19N5O. The lowest BCUT2D eigenvalue weighted by Gasteiger charge is -2.42. The van der Waals surface area contributed by atoms with Crippen LogP contribution in [0.2, 0.25) is 0 Å². The number of aliphatic hydroxyl groups is 1. The van der Waals surface area contributed by atoms with Crippen molar-refractivity contribution in [2.45, 2.75) is 13.0 Å². The summed E-state index contributed by atoms with van der Waals surface area (Å²) in [5.41, 5.74) is 0.483. The Morgan fingerprint density at radius 2 is 2.28 bits per heavy atom. The maximum atomic E-state index is 9.49. The Balaban J connectivity index is 2.16. The molecule has 0 aliphatic carbocycles. The standard InChI is InChI=1S/C12H19N5O/c1-5-13-11-10(8(2)18)14-12(15-11)17-6-9(7-17)16(3)4/h5,9,18H,2,6-7H2,1,3-4H3,(H,14,15)/b13-5-. The van der Waals surface area contributed by atoms with Gasteiger partial charge in [-0.1, -0.05) is 6.58 Å². The highest BCUT2D eigenvalue weighted by Crippen LogP contribution is 2.28. The van der Waals surface area contributed by atoms with Crippen molar-refractivity contribution in [1.82, 2.24) is 14.9 Å². The number of likely N-dealkylation sites (N-methyl/N-ethyl adjacent to an activating group) is 1. The predicted octanol–water partition coefficient (Wildman–Crippen LogP) is 1.41. The molecule has 0 atom stereocenters. The highest BCUT2D eigenvalue weighted by atomic mass is 16.3. The first-order valence-corrected chi connectivity index (χ1v) is 5.91. The molecule has 6 nitrogen and oxygen atoms in total. The number of anilines is 1. The molecule has 0 aromatic carbocycles. The number of nitrogens with one attached hydrogen (secondary N) is 1. The van der Waals surface area contributed by atoms with Gasteiger partial charge in [0.15, 0.2) is 5.82 Å². The first-order chi connectivity index (χ1) is 8.52. The number of nitrogens with zero attached hydrogens (tertiary/aromatic N) is 4. The van der Waals surface area contributed by atoms with Gasteiger partial charge in [0.05, 0.1) is 0 Å². The van der Waals surface area contributed by atoms with Gasteiger partial charge in [0.1, 0.15) is 11.5 Å². The zero-order chi connectivity index (χ0) is 13.3. The minimum absolute atomic E-state index is 0.0426. The largest absolute Gasteiger partial charge is 0.506 e. The van der Waals surface area contributed by atoms with Crippen molar-refractivity contribution in [3.05, 3.63) is 12.3 Å². The van der Waals surface area contributed by atoms with Crippen LogP contribution in [0.1, 0.15) is 12.6 Å². The van der Waals surface area contributed by atoms with Crippen LogP contribution in [0.4, 0.5) is 11.8 Å². The van der Waals surface area contributed by atoms with Crippen molar-refractivity contribution in [3.8, 4) is 0 Å². The summed E-state index contributed by atoms with van der Waals surface area (Å²) in [6.45, 7) is 7.17. The number of aromatic nitrogens is 2. The van der Waals surface area contributed by atoms with E-state index in [9.17, 15) is 5.11 Å². The second kappa shape index (κ2) is 4.81. The fourth-order valence-electron chi connectivity index (χ4n) is 1.87. The van der Waals surface area contributed by atoms with Gasteiger partial charge in [-0.05, 0) is 21.0 Å². The van der Waals surface area contributed by atoms with Gasteiger partial charge < -0.3 is 19.9 Å². The smallest absolute Gasteiger partial charge is 0.205 e. The summed E-state index contributed by atoms with van der Waals surface area (Å²) in [4.78, 5) is 15.9. The first kappa shape index (κ1) is 12.6. The zero-order valence-electron chi connectivity index (χ0n) is 11.0. The van der Waals surface area contributed by atoms with Gasteiger partial charge in [-0.25, -0.2) is 4.99 Å². The molecule has 0 spiro atoms. The van der Waals surface area contributed by atoms with Crippen LogP contribution in [-0.2, 0) is 0 Å². The van der Waals surface area contributed by atoms with Gasteiger partial charge in [-0.15, -0.1) is 0 Å². The van der Waals surface area contributed by atoms with E-state index in [1.54, 1.807) is 6.21 Å². The summed E-state index contributed by atoms with van der Waals surface area (Å²) in [5.74, 6) is 1.17. The second-order valence-electron chi connectivity index (χ2n) is 4.62. The number of hydrogen-bond acceptors (Lipinski definition) is 5. The van der Waals surface area contributed by atoms with Gasteiger partial charge in [0, 0.05) is 25.3 Å². The molecule has 2 N–H and O–H groups in total. The third-order valence-corrected chi connectivity index (χ3v) is 3.10. The minimum atomic E-state index is -0.0426. The van der Waals surface area contributed by atoms with Crippen LogP contribution in [0.5, 0.6) is 0 Å². The third kappa shape index (κ3) is 2.24. The van der Waals surface area contributed by atoms with Crippen LogP contribution in [0, 0.1) is 0 Å². The van der Waals surface area contributed by atoms with Crippen LogP contribution in [0.15, 0.2) is 11.6 Å². The molecule has 1 aliphatic rings. The van der Waals surface area contributed by atoms with E-state index in [-0.39, 0.29) is 5.76 Å². The summed E-state index contributed by atoms with van der Waals surface area (Å²) in [6, 6.07) is 0.550. The molecule has 0 radical (unpaired) electrons. The fourth-order valence-corrected chi connectivity index (χ4v) is 1.87. The molecule has 1 fully saturated rings. The van der Waals surface area contributed by atoms with Crippen molar-refractivity contribution in [2.75, 3.05) is 32.1 Å². The van der Waals surface area contributed by atoms with Crippen LogP contribution in [0.25, 0.3) is 5.76 Å². The van der Waals surface area contributed by atoms with E-state index in [2.05, 4.69) is 45.4 Å². The Bertz CT molecular complexity index is 471. The third-order valence-electron chi connectivity index (χ3n) is 3.10. The molecule has 2 heterocycles. The number of aliphatic hydroxyl groups excluding tert-OH is 1. The van der Waals surface area contributed by atoms with Gasteiger partial charge >= 0.3 is 0 Å². The summed E-state index contributed by atoms with van der Waals surface area (Å²) in [7, 11) is 4.13. The number of aromatic amines is 1. The van der Waals surface area contributed by atoms with E-state index in [0.717, 1.165) is 19.0 Å². The monoisotopic (exact) mass is 249 g/mol. The van der Waals surface area contributed by atoms with E-state index in [1.165, 1.54) is 0 Å². The lowest BCUT2D eigenvalue weighted by atomic mass is 10.1. The maximum absolute atomic E-state index is 9.49. The Kier molecular flexibility index (Phi) is 3.38. The van der Waals surface area contributed by atoms with Crippen molar-refractivity contribution in [2.24, 2.45) is 4.99 Å². The van der Waals surface area contributed by atoms with E-state index in [4.69, 9.17) is 0 Å². The molecule has 18 heavy (non-hydrogen) atoms. The number of imidazole rings is 1. The van der Waals surface area contributed by atoms with Gasteiger partial charge in [0.25, 0.3) is 0 Å². The average Bonchev–Trinajstić information content (AvgIpc) is 2.59. The first-order valence-electron chi connectivity index (χ1n) is 5.91. The molecule has 0 amide bonds. The molecule has 0 unspecified atom stereocenters. The molecular weight excluding hydrogens is 230 g/mol. The molecule has 98 valence electrons. The zero-order valence-corrected chi connectivity index (χ0v) is 11.0. The Morgan fingerprint density at radius 3 is 2.78 bits per heavy atom. The van der Waals surface area contributed by atoms with Crippen LogP contribution in [-0.4, -0.2) is 59.4 Å². The molecule has 1 aliphatic heterocycles. The number of hydrogen-bond donors (Lipinski definition) is 2. The molecule has 2 rings (SSSR count). The molecule has 1 aromatic heterocycles. The maximum Gasteiger partial charge on any atom is 0.205 e. The lowest BCUT2D eigenvalue weighted by Crippen LogP contribution is -2.57. The summed E-state index contributed by atoms with van der Waals surface area (Å²) >= 11 is 0. The second-order valence-corrected chi connectivity index (χ2v) is 4.62. The predicted molar refractivity (Wildman–Crippen MR) is 73.8 cm³/mol. The Hall–Kier alpha value is -1.82. The van der Waals surface area contributed by atoms with Crippen LogP contribution >= 0.6 is 0 Å².